The standard InChI is InChI=1S/C16H15F4NO/c1-9(16(22)10-2-4-14(19)15(20)7-10)21-8-11-6-12(17)3-5-13(11)18/h2-7,9,16,21-22H,8H2,1H3. The number of halogens is 4. The predicted molar refractivity (Wildman–Crippen MR) is 74.0 cm³/mol. The zero-order valence-corrected chi connectivity index (χ0v) is 11.8. The Morgan fingerprint density at radius 3 is 2.32 bits per heavy atom. The van der Waals surface area contributed by atoms with Crippen LogP contribution < -0.4 is 5.32 Å². The van der Waals surface area contributed by atoms with Crippen molar-refractivity contribution in [3.05, 3.63) is 70.8 Å². The topological polar surface area (TPSA) is 32.3 Å². The molecule has 2 aromatic carbocycles. The molecule has 2 nitrogen and oxygen atoms in total. The molecule has 0 aliphatic rings. The third-order valence-corrected chi connectivity index (χ3v) is 3.38. The molecular weight excluding hydrogens is 298 g/mol. The van der Waals surface area contributed by atoms with Crippen LogP contribution in [0, 0.1) is 23.3 Å². The van der Waals surface area contributed by atoms with Crippen LogP contribution >= 0.6 is 0 Å². The molecule has 0 aromatic heterocycles. The molecule has 0 radical (unpaired) electrons. The van der Waals surface area contributed by atoms with Crippen LogP contribution in [0.25, 0.3) is 0 Å². The normalized spacial score (nSPS) is 13.9. The van der Waals surface area contributed by atoms with Gasteiger partial charge in [-0.05, 0) is 42.8 Å². The molecule has 2 aromatic rings. The van der Waals surface area contributed by atoms with E-state index < -0.39 is 35.4 Å². The minimum atomic E-state index is -1.12. The highest BCUT2D eigenvalue weighted by Crippen LogP contribution is 2.20. The van der Waals surface area contributed by atoms with E-state index in [0.29, 0.717) is 0 Å². The van der Waals surface area contributed by atoms with Crippen LogP contribution in [0.15, 0.2) is 36.4 Å². The molecule has 2 N–H and O–H groups in total. The molecule has 6 heteroatoms. The molecule has 0 fully saturated rings. The molecule has 0 saturated heterocycles. The van der Waals surface area contributed by atoms with E-state index in [1.165, 1.54) is 6.07 Å². The molecule has 118 valence electrons. The summed E-state index contributed by atoms with van der Waals surface area (Å²) in [6, 6.07) is 5.60. The average Bonchev–Trinajstić information content (AvgIpc) is 2.49. The maximum Gasteiger partial charge on any atom is 0.159 e. The lowest BCUT2D eigenvalue weighted by Crippen LogP contribution is -2.32. The fourth-order valence-electron chi connectivity index (χ4n) is 2.05. The van der Waals surface area contributed by atoms with Crippen molar-refractivity contribution in [2.45, 2.75) is 25.6 Å². The SMILES string of the molecule is CC(NCc1cc(F)ccc1F)C(O)c1ccc(F)c(F)c1. The van der Waals surface area contributed by atoms with Gasteiger partial charge in [0.2, 0.25) is 0 Å². The molecule has 0 amide bonds. The Morgan fingerprint density at radius 1 is 0.955 bits per heavy atom. The molecule has 2 atom stereocenters. The van der Waals surface area contributed by atoms with Crippen LogP contribution in [0.2, 0.25) is 0 Å². The van der Waals surface area contributed by atoms with Crippen molar-refractivity contribution in [2.75, 3.05) is 0 Å². The monoisotopic (exact) mass is 313 g/mol. The van der Waals surface area contributed by atoms with Gasteiger partial charge in [0.05, 0.1) is 6.10 Å². The van der Waals surface area contributed by atoms with Gasteiger partial charge in [-0.15, -0.1) is 0 Å². The van der Waals surface area contributed by atoms with Gasteiger partial charge in [-0.2, -0.15) is 0 Å². The summed E-state index contributed by atoms with van der Waals surface area (Å²) in [5.41, 5.74) is 0.308. The lowest BCUT2D eigenvalue weighted by molar-refractivity contribution is 0.134. The lowest BCUT2D eigenvalue weighted by Gasteiger charge is -2.21. The summed E-state index contributed by atoms with van der Waals surface area (Å²) in [5, 5.41) is 12.9. The van der Waals surface area contributed by atoms with Crippen molar-refractivity contribution in [1.82, 2.24) is 5.32 Å². The number of hydrogen-bond donors (Lipinski definition) is 2. The number of benzene rings is 2. The molecule has 22 heavy (non-hydrogen) atoms. The van der Waals surface area contributed by atoms with Gasteiger partial charge in [0.15, 0.2) is 11.6 Å². The highest BCUT2D eigenvalue weighted by Gasteiger charge is 2.18. The van der Waals surface area contributed by atoms with E-state index in [1.54, 1.807) is 6.92 Å². The van der Waals surface area contributed by atoms with E-state index in [4.69, 9.17) is 0 Å². The van der Waals surface area contributed by atoms with Crippen molar-refractivity contribution in [2.24, 2.45) is 0 Å². The van der Waals surface area contributed by atoms with Gasteiger partial charge in [0.25, 0.3) is 0 Å². The minimum Gasteiger partial charge on any atom is -0.387 e. The Labute approximate surface area is 125 Å². The molecule has 0 bridgehead atoms. The Kier molecular flexibility index (Phi) is 5.15. The van der Waals surface area contributed by atoms with Crippen molar-refractivity contribution in [3.63, 3.8) is 0 Å². The lowest BCUT2D eigenvalue weighted by atomic mass is 10.0. The van der Waals surface area contributed by atoms with Gasteiger partial charge in [-0.3, -0.25) is 0 Å². The van der Waals surface area contributed by atoms with Gasteiger partial charge in [-0.25, -0.2) is 17.6 Å². The fraction of sp³-hybridized carbons (Fsp3) is 0.250. The molecule has 2 unspecified atom stereocenters. The van der Waals surface area contributed by atoms with E-state index in [-0.39, 0.29) is 17.7 Å². The van der Waals surface area contributed by atoms with E-state index in [1.807, 2.05) is 0 Å². The van der Waals surface area contributed by atoms with Crippen molar-refractivity contribution in [3.8, 4) is 0 Å². The summed E-state index contributed by atoms with van der Waals surface area (Å²) in [6.45, 7) is 1.59. The summed E-state index contributed by atoms with van der Waals surface area (Å²) in [6.07, 6.45) is -1.12. The summed E-state index contributed by atoms with van der Waals surface area (Å²) >= 11 is 0. The van der Waals surface area contributed by atoms with Crippen molar-refractivity contribution in [1.29, 1.82) is 0 Å². The summed E-state index contributed by atoms with van der Waals surface area (Å²) in [4.78, 5) is 0. The van der Waals surface area contributed by atoms with Crippen LogP contribution in [0.1, 0.15) is 24.2 Å². The molecule has 0 saturated carbocycles. The molecule has 0 heterocycles. The zero-order chi connectivity index (χ0) is 16.3. The Balaban J connectivity index is 2.03. The third-order valence-electron chi connectivity index (χ3n) is 3.38. The minimum absolute atomic E-state index is 0.00844. The first-order valence-corrected chi connectivity index (χ1v) is 6.69. The van der Waals surface area contributed by atoms with E-state index in [2.05, 4.69) is 5.32 Å². The first-order chi connectivity index (χ1) is 10.4. The summed E-state index contributed by atoms with van der Waals surface area (Å²) in [5.74, 6) is -3.19. The molecule has 0 spiro atoms. The van der Waals surface area contributed by atoms with Gasteiger partial charge >= 0.3 is 0 Å². The summed E-state index contributed by atoms with van der Waals surface area (Å²) < 4.78 is 52.6. The fourth-order valence-corrected chi connectivity index (χ4v) is 2.05. The largest absolute Gasteiger partial charge is 0.387 e. The number of nitrogens with one attached hydrogen (secondary N) is 1. The second kappa shape index (κ2) is 6.89. The van der Waals surface area contributed by atoms with Gasteiger partial charge in [0, 0.05) is 18.2 Å². The second-order valence-corrected chi connectivity index (χ2v) is 5.02. The second-order valence-electron chi connectivity index (χ2n) is 5.02. The smallest absolute Gasteiger partial charge is 0.159 e. The molecule has 0 aliphatic heterocycles. The summed E-state index contributed by atoms with van der Waals surface area (Å²) in [7, 11) is 0. The van der Waals surface area contributed by atoms with Crippen LogP contribution in [-0.2, 0) is 6.54 Å². The van der Waals surface area contributed by atoms with E-state index >= 15 is 0 Å². The quantitative estimate of drug-likeness (QED) is 0.829. The van der Waals surface area contributed by atoms with Crippen LogP contribution in [0.3, 0.4) is 0 Å². The molecule has 0 aliphatic carbocycles. The number of rotatable bonds is 5. The van der Waals surface area contributed by atoms with E-state index in [0.717, 1.165) is 30.3 Å². The highest BCUT2D eigenvalue weighted by molar-refractivity contribution is 5.22. The first kappa shape index (κ1) is 16.5. The van der Waals surface area contributed by atoms with Crippen molar-refractivity contribution < 1.29 is 22.7 Å². The Hall–Kier alpha value is -1.92. The molecule has 2 rings (SSSR count). The Bertz CT molecular complexity index is 663. The van der Waals surface area contributed by atoms with Gasteiger partial charge < -0.3 is 10.4 Å². The van der Waals surface area contributed by atoms with Gasteiger partial charge in [0.1, 0.15) is 11.6 Å². The maximum absolute atomic E-state index is 13.5. The average molecular weight is 313 g/mol. The van der Waals surface area contributed by atoms with Crippen LogP contribution in [0.5, 0.6) is 0 Å². The number of aliphatic hydroxyl groups is 1. The zero-order valence-electron chi connectivity index (χ0n) is 11.8. The Morgan fingerprint density at radius 2 is 1.64 bits per heavy atom. The molecular formula is C16H15F4NO. The van der Waals surface area contributed by atoms with Crippen molar-refractivity contribution >= 4 is 0 Å². The number of hydrogen-bond acceptors (Lipinski definition) is 2. The highest BCUT2D eigenvalue weighted by atomic mass is 19.2. The van der Waals surface area contributed by atoms with Crippen LogP contribution in [-0.4, -0.2) is 11.1 Å². The van der Waals surface area contributed by atoms with Crippen LogP contribution in [0.4, 0.5) is 17.6 Å². The van der Waals surface area contributed by atoms with E-state index in [9.17, 15) is 22.7 Å². The first-order valence-electron chi connectivity index (χ1n) is 6.69. The third kappa shape index (κ3) is 3.84. The predicted octanol–water partition coefficient (Wildman–Crippen LogP) is 3.45. The van der Waals surface area contributed by atoms with Gasteiger partial charge in [-0.1, -0.05) is 6.07 Å². The number of aliphatic hydroxyl groups excluding tert-OH is 1. The maximum atomic E-state index is 13.5.